The van der Waals surface area contributed by atoms with Crippen molar-refractivity contribution in [3.63, 3.8) is 0 Å². The zero-order valence-corrected chi connectivity index (χ0v) is 38.1. The molecule has 324 valence electrons. The molecule has 11 rings (SSSR count). The average Bonchev–Trinajstić information content (AvgIpc) is 3.40. The Labute approximate surface area is 400 Å². The van der Waals surface area contributed by atoms with Crippen LogP contribution in [-0.2, 0) is 6.42 Å². The van der Waals surface area contributed by atoms with Crippen LogP contribution in [0, 0.1) is 6.92 Å². The van der Waals surface area contributed by atoms with Crippen molar-refractivity contribution in [1.29, 1.82) is 0 Å². The molecule has 0 unspecified atom stereocenters. The van der Waals surface area contributed by atoms with Gasteiger partial charge in [-0.15, -0.1) is 0 Å². The Balaban J connectivity index is 0.934. The number of hydrogen-bond acceptors (Lipinski definition) is 2. The van der Waals surface area contributed by atoms with Crippen molar-refractivity contribution in [2.24, 2.45) is 0 Å². The lowest BCUT2D eigenvalue weighted by atomic mass is 9.98. The Morgan fingerprint density at radius 2 is 0.647 bits per heavy atom. The van der Waals surface area contributed by atoms with Crippen molar-refractivity contribution < 1.29 is 0 Å². The van der Waals surface area contributed by atoms with Crippen LogP contribution >= 0.6 is 0 Å². The summed E-state index contributed by atoms with van der Waals surface area (Å²) in [7, 11) is 0. The van der Waals surface area contributed by atoms with E-state index in [0.717, 1.165) is 40.5 Å². The molecule has 0 spiro atoms. The van der Waals surface area contributed by atoms with Gasteiger partial charge in [-0.05, 0) is 153 Å². The molecule has 68 heavy (non-hydrogen) atoms. The monoisotopic (exact) mass is 870 g/mol. The second-order valence-electron chi connectivity index (χ2n) is 17.5. The molecule has 2 nitrogen and oxygen atoms in total. The van der Waals surface area contributed by atoms with Gasteiger partial charge in [0.2, 0.25) is 0 Å². The third-order valence-electron chi connectivity index (χ3n) is 12.9. The first-order valence-corrected chi connectivity index (χ1v) is 23.4. The molecule has 0 saturated heterocycles. The molecule has 0 aliphatic rings. The van der Waals surface area contributed by atoms with Gasteiger partial charge in [-0.3, -0.25) is 0 Å². The fourth-order valence-corrected chi connectivity index (χ4v) is 9.50. The number of nitrogens with zero attached hydrogens (tertiary/aromatic N) is 2. The topological polar surface area (TPSA) is 6.48 Å². The minimum Gasteiger partial charge on any atom is -0.310 e. The van der Waals surface area contributed by atoms with E-state index in [1.807, 2.05) is 0 Å². The number of benzene rings is 11. The second kappa shape index (κ2) is 19.0. The molecule has 0 N–H and O–H groups in total. The van der Waals surface area contributed by atoms with E-state index in [4.69, 9.17) is 0 Å². The lowest BCUT2D eigenvalue weighted by Crippen LogP contribution is -2.11. The minimum atomic E-state index is 0.773. The average molecular weight is 871 g/mol. The highest BCUT2D eigenvalue weighted by Crippen LogP contribution is 2.40. The number of aryl methyl sites for hydroxylation is 1. The molecule has 11 aromatic rings. The molecule has 0 bridgehead atoms. The molecule has 0 fully saturated rings. The normalized spacial score (nSPS) is 11.1. The summed E-state index contributed by atoms with van der Waals surface area (Å²) in [4.78, 5) is 4.75. The van der Waals surface area contributed by atoms with Crippen LogP contribution in [-0.4, -0.2) is 0 Å². The molecule has 0 aliphatic carbocycles. The molecular weight excluding hydrogens is 821 g/mol. The summed E-state index contributed by atoms with van der Waals surface area (Å²) in [5.74, 6) is 0. The van der Waals surface area contributed by atoms with E-state index < -0.39 is 0 Å². The third-order valence-corrected chi connectivity index (χ3v) is 12.9. The fraction of sp³-hybridized carbons (Fsp3) is 0.0303. The Hall–Kier alpha value is -8.72. The summed E-state index contributed by atoms with van der Waals surface area (Å²) in [6.07, 6.45) is 0.773. The zero-order valence-electron chi connectivity index (χ0n) is 38.1. The first-order valence-electron chi connectivity index (χ1n) is 23.4. The molecule has 0 aromatic heterocycles. The Kier molecular flexibility index (Phi) is 11.7. The van der Waals surface area contributed by atoms with Crippen LogP contribution in [0.2, 0.25) is 0 Å². The standard InChI is InChI=1S/C66H50N2/c1-48-14-10-23-58(44-48)55-32-40-61(41-33-55)67(59-36-28-53(29-37-59)51-17-4-2-5-18-51)63-24-11-15-49(46-63)45-50-16-12-25-64(47-50)68(60-38-30-54(31-39-60)52-19-6-3-7-20-52)62-42-34-57(35-43-62)66-27-13-22-56-21-8-9-26-65(56)66/h2-44,46-47H,45H2,1H3. The molecule has 0 heterocycles. The van der Waals surface area contributed by atoms with Gasteiger partial charge in [-0.1, -0.05) is 206 Å². The van der Waals surface area contributed by atoms with Crippen LogP contribution < -0.4 is 9.80 Å². The maximum absolute atomic E-state index is 2.38. The van der Waals surface area contributed by atoms with Crippen molar-refractivity contribution in [1.82, 2.24) is 0 Å². The molecule has 0 amide bonds. The number of fused-ring (bicyclic) bond motifs is 1. The van der Waals surface area contributed by atoms with Gasteiger partial charge >= 0.3 is 0 Å². The fourth-order valence-electron chi connectivity index (χ4n) is 9.50. The number of rotatable bonds is 12. The van der Waals surface area contributed by atoms with E-state index in [9.17, 15) is 0 Å². The SMILES string of the molecule is Cc1cccc(-c2ccc(N(c3ccc(-c4ccccc4)cc3)c3cccc(Cc4cccc(N(c5ccc(-c6ccccc6)cc5)c5ccc(-c6cccc7ccccc67)cc5)c4)c3)cc2)c1. The first kappa shape index (κ1) is 41.9. The summed E-state index contributed by atoms with van der Waals surface area (Å²) in [6.45, 7) is 2.15. The summed E-state index contributed by atoms with van der Waals surface area (Å²) in [5.41, 5.74) is 20.0. The Bertz CT molecular complexity index is 3440. The van der Waals surface area contributed by atoms with Crippen LogP contribution in [0.5, 0.6) is 0 Å². The third kappa shape index (κ3) is 8.96. The predicted molar refractivity (Wildman–Crippen MR) is 289 cm³/mol. The quantitative estimate of drug-likeness (QED) is 0.121. The molecule has 0 atom stereocenters. The van der Waals surface area contributed by atoms with Gasteiger partial charge in [0.05, 0.1) is 0 Å². The maximum atomic E-state index is 2.38. The first-order chi connectivity index (χ1) is 33.6. The molecule has 0 saturated carbocycles. The lowest BCUT2D eigenvalue weighted by Gasteiger charge is -2.27. The number of anilines is 6. The summed E-state index contributed by atoms with van der Waals surface area (Å²) in [5, 5.41) is 2.50. The van der Waals surface area contributed by atoms with Crippen LogP contribution in [0.15, 0.2) is 273 Å². The second-order valence-corrected chi connectivity index (χ2v) is 17.5. The van der Waals surface area contributed by atoms with Crippen molar-refractivity contribution >= 4 is 44.9 Å². The van der Waals surface area contributed by atoms with Crippen molar-refractivity contribution in [2.75, 3.05) is 9.80 Å². The molecule has 11 aromatic carbocycles. The van der Waals surface area contributed by atoms with Crippen molar-refractivity contribution in [2.45, 2.75) is 13.3 Å². The maximum Gasteiger partial charge on any atom is 0.0464 e. The van der Waals surface area contributed by atoms with E-state index in [1.54, 1.807) is 0 Å². The van der Waals surface area contributed by atoms with Gasteiger partial charge in [-0.25, -0.2) is 0 Å². The minimum absolute atomic E-state index is 0.773. The van der Waals surface area contributed by atoms with E-state index in [-0.39, 0.29) is 0 Å². The summed E-state index contributed by atoms with van der Waals surface area (Å²) in [6, 6.07) is 99.0. The Morgan fingerprint density at radius 1 is 0.265 bits per heavy atom. The van der Waals surface area contributed by atoms with Crippen LogP contribution in [0.3, 0.4) is 0 Å². The molecular formula is C66H50N2. The molecule has 2 heteroatoms. The zero-order chi connectivity index (χ0) is 45.7. The predicted octanol–water partition coefficient (Wildman–Crippen LogP) is 18.3. The van der Waals surface area contributed by atoms with Crippen LogP contribution in [0.4, 0.5) is 34.1 Å². The van der Waals surface area contributed by atoms with Crippen molar-refractivity contribution in [3.05, 3.63) is 290 Å². The van der Waals surface area contributed by atoms with Gasteiger partial charge in [-0.2, -0.15) is 0 Å². The van der Waals surface area contributed by atoms with E-state index in [0.29, 0.717) is 0 Å². The molecule has 0 aliphatic heterocycles. The summed E-state index contributed by atoms with van der Waals surface area (Å²) < 4.78 is 0. The van der Waals surface area contributed by atoms with E-state index in [2.05, 4.69) is 290 Å². The van der Waals surface area contributed by atoms with Gasteiger partial charge < -0.3 is 9.80 Å². The number of hydrogen-bond donors (Lipinski definition) is 0. The highest BCUT2D eigenvalue weighted by molar-refractivity contribution is 5.97. The largest absolute Gasteiger partial charge is 0.310 e. The van der Waals surface area contributed by atoms with E-state index >= 15 is 0 Å². The smallest absolute Gasteiger partial charge is 0.0464 e. The highest BCUT2D eigenvalue weighted by Gasteiger charge is 2.17. The Morgan fingerprint density at radius 3 is 1.15 bits per heavy atom. The highest BCUT2D eigenvalue weighted by atomic mass is 15.1. The van der Waals surface area contributed by atoms with Crippen molar-refractivity contribution in [3.8, 4) is 44.5 Å². The van der Waals surface area contributed by atoms with E-state index in [1.165, 1.54) is 72.0 Å². The van der Waals surface area contributed by atoms with Crippen LogP contribution in [0.25, 0.3) is 55.3 Å². The lowest BCUT2D eigenvalue weighted by molar-refractivity contribution is 1.17. The van der Waals surface area contributed by atoms with Gasteiger partial charge in [0, 0.05) is 34.1 Å². The summed E-state index contributed by atoms with van der Waals surface area (Å²) >= 11 is 0. The van der Waals surface area contributed by atoms with Gasteiger partial charge in [0.1, 0.15) is 0 Å². The van der Waals surface area contributed by atoms with Gasteiger partial charge in [0.15, 0.2) is 0 Å². The van der Waals surface area contributed by atoms with Gasteiger partial charge in [0.25, 0.3) is 0 Å². The van der Waals surface area contributed by atoms with Crippen LogP contribution in [0.1, 0.15) is 16.7 Å². The molecule has 0 radical (unpaired) electrons.